The van der Waals surface area contributed by atoms with Crippen LogP contribution in [0.25, 0.3) is 10.4 Å². The number of hydrogen-bond acceptors (Lipinski definition) is 3. The molecule has 142 valence electrons. The van der Waals surface area contributed by atoms with Crippen LogP contribution in [0.1, 0.15) is 76.8 Å². The Labute approximate surface area is 167 Å². The molecule has 3 rings (SSSR count). The highest BCUT2D eigenvalue weighted by Gasteiger charge is 2.21. The molecule has 1 aliphatic rings. The van der Waals surface area contributed by atoms with Crippen molar-refractivity contribution in [3.8, 4) is 16.2 Å². The lowest BCUT2D eigenvalue weighted by Crippen LogP contribution is -2.12. The van der Waals surface area contributed by atoms with Crippen molar-refractivity contribution in [3.05, 3.63) is 40.8 Å². The van der Waals surface area contributed by atoms with Gasteiger partial charge in [0.05, 0.1) is 0 Å². The number of thioether (sulfide) groups is 1. The molecule has 0 atom stereocenters. The Kier molecular flexibility index (Phi) is 6.74. The van der Waals surface area contributed by atoms with Crippen molar-refractivity contribution < 1.29 is 5.11 Å². The fraction of sp³-hybridized carbons (Fsp3) is 0.565. The molecule has 3 heteroatoms. The maximum atomic E-state index is 11.0. The van der Waals surface area contributed by atoms with Gasteiger partial charge in [0.15, 0.2) is 0 Å². The van der Waals surface area contributed by atoms with Crippen LogP contribution < -0.4 is 0 Å². The zero-order chi connectivity index (χ0) is 18.6. The van der Waals surface area contributed by atoms with Gasteiger partial charge in [0, 0.05) is 27.0 Å². The van der Waals surface area contributed by atoms with E-state index < -0.39 is 0 Å². The SMILES string of the molecule is CC(C)(C)c1cc(CSC2CCCCCCC2)c(O)c(-c2cccs2)c1. The van der Waals surface area contributed by atoms with E-state index in [0.717, 1.165) is 27.0 Å². The highest BCUT2D eigenvalue weighted by atomic mass is 32.2. The summed E-state index contributed by atoms with van der Waals surface area (Å²) in [6.07, 6.45) is 9.60. The fourth-order valence-corrected chi connectivity index (χ4v) is 5.70. The van der Waals surface area contributed by atoms with E-state index in [1.165, 1.54) is 50.5 Å². The van der Waals surface area contributed by atoms with Crippen molar-refractivity contribution >= 4 is 23.1 Å². The molecule has 1 nitrogen and oxygen atoms in total. The standard InChI is InChI=1S/C23H32OS2/c1-23(2,3)18-14-17(16-26-19-10-7-5-4-6-8-11-19)22(24)20(15-18)21-12-9-13-25-21/h9,12-15,19,24H,4-8,10-11,16H2,1-3H3. The first-order valence-electron chi connectivity index (χ1n) is 9.97. The van der Waals surface area contributed by atoms with E-state index in [4.69, 9.17) is 0 Å². The number of aromatic hydroxyl groups is 1. The molecule has 1 aromatic heterocycles. The van der Waals surface area contributed by atoms with Gasteiger partial charge in [-0.15, -0.1) is 11.3 Å². The Morgan fingerprint density at radius 2 is 1.77 bits per heavy atom. The number of thiophene rings is 1. The second-order valence-electron chi connectivity index (χ2n) is 8.54. The molecule has 1 heterocycles. The van der Waals surface area contributed by atoms with Crippen LogP contribution >= 0.6 is 23.1 Å². The third-order valence-electron chi connectivity index (χ3n) is 5.37. The minimum absolute atomic E-state index is 0.0827. The number of phenolic OH excluding ortho intramolecular Hbond substituents is 1. The van der Waals surface area contributed by atoms with Gasteiger partial charge in [-0.1, -0.05) is 65.0 Å². The van der Waals surface area contributed by atoms with Crippen LogP contribution in [0.3, 0.4) is 0 Å². The number of hydrogen-bond donors (Lipinski definition) is 1. The average molecular weight is 389 g/mol. The van der Waals surface area contributed by atoms with E-state index >= 15 is 0 Å². The lowest BCUT2D eigenvalue weighted by molar-refractivity contribution is 0.471. The summed E-state index contributed by atoms with van der Waals surface area (Å²) in [6.45, 7) is 6.76. The van der Waals surface area contributed by atoms with E-state index in [1.54, 1.807) is 11.3 Å². The third-order valence-corrected chi connectivity index (χ3v) is 7.69. The molecule has 0 amide bonds. The molecule has 2 aromatic rings. The van der Waals surface area contributed by atoms with Crippen molar-refractivity contribution in [2.45, 2.75) is 82.1 Å². The monoisotopic (exact) mass is 388 g/mol. The minimum atomic E-state index is 0.0827. The molecule has 1 fully saturated rings. The van der Waals surface area contributed by atoms with E-state index in [1.807, 2.05) is 0 Å². The molecule has 0 unspecified atom stereocenters. The first-order valence-corrected chi connectivity index (χ1v) is 11.9. The van der Waals surface area contributed by atoms with Crippen molar-refractivity contribution in [1.82, 2.24) is 0 Å². The molecular formula is C23H32OS2. The summed E-state index contributed by atoms with van der Waals surface area (Å²) in [5.41, 5.74) is 3.50. The molecule has 0 radical (unpaired) electrons. The maximum Gasteiger partial charge on any atom is 0.128 e. The summed E-state index contributed by atoms with van der Waals surface area (Å²) in [5, 5.41) is 13.8. The van der Waals surface area contributed by atoms with Crippen LogP contribution in [0.15, 0.2) is 29.6 Å². The van der Waals surface area contributed by atoms with Gasteiger partial charge < -0.3 is 5.11 Å². The van der Waals surface area contributed by atoms with Gasteiger partial charge in [-0.3, -0.25) is 0 Å². The largest absolute Gasteiger partial charge is 0.507 e. The Morgan fingerprint density at radius 1 is 1.08 bits per heavy atom. The van der Waals surface area contributed by atoms with E-state index in [0.29, 0.717) is 5.75 Å². The van der Waals surface area contributed by atoms with Crippen molar-refractivity contribution in [3.63, 3.8) is 0 Å². The van der Waals surface area contributed by atoms with E-state index in [-0.39, 0.29) is 5.41 Å². The summed E-state index contributed by atoms with van der Waals surface area (Å²) in [7, 11) is 0. The Bertz CT molecular complexity index is 690. The van der Waals surface area contributed by atoms with Gasteiger partial charge in [-0.05, 0) is 41.3 Å². The van der Waals surface area contributed by atoms with Crippen LogP contribution in [-0.4, -0.2) is 10.4 Å². The van der Waals surface area contributed by atoms with Gasteiger partial charge in [0.25, 0.3) is 0 Å². The third kappa shape index (κ3) is 5.07. The van der Waals surface area contributed by atoms with Crippen molar-refractivity contribution in [2.24, 2.45) is 0 Å². The second kappa shape index (κ2) is 8.84. The average Bonchev–Trinajstić information content (AvgIpc) is 3.08. The Balaban J connectivity index is 1.84. The molecule has 0 bridgehead atoms. The van der Waals surface area contributed by atoms with Crippen LogP contribution in [0.5, 0.6) is 5.75 Å². The molecule has 0 spiro atoms. The predicted octanol–water partition coefficient (Wildman–Crippen LogP) is 7.76. The van der Waals surface area contributed by atoms with Gasteiger partial charge in [0.1, 0.15) is 5.75 Å². The quantitative estimate of drug-likeness (QED) is 0.577. The lowest BCUT2D eigenvalue weighted by Gasteiger charge is -2.23. The van der Waals surface area contributed by atoms with E-state index in [2.05, 4.69) is 62.2 Å². The first-order chi connectivity index (χ1) is 12.4. The lowest BCUT2D eigenvalue weighted by atomic mass is 9.84. The van der Waals surface area contributed by atoms with Crippen LogP contribution in [0, 0.1) is 0 Å². The molecule has 26 heavy (non-hydrogen) atoms. The molecule has 1 aromatic carbocycles. The van der Waals surface area contributed by atoms with Crippen molar-refractivity contribution in [1.29, 1.82) is 0 Å². The van der Waals surface area contributed by atoms with Gasteiger partial charge >= 0.3 is 0 Å². The number of phenols is 1. The highest BCUT2D eigenvalue weighted by molar-refractivity contribution is 7.99. The topological polar surface area (TPSA) is 20.2 Å². The van der Waals surface area contributed by atoms with Gasteiger partial charge in [-0.25, -0.2) is 0 Å². The minimum Gasteiger partial charge on any atom is -0.507 e. The molecule has 1 N–H and O–H groups in total. The Morgan fingerprint density at radius 3 is 2.38 bits per heavy atom. The summed E-state index contributed by atoms with van der Waals surface area (Å²) in [4.78, 5) is 1.16. The van der Waals surface area contributed by atoms with Crippen LogP contribution in [0.2, 0.25) is 0 Å². The van der Waals surface area contributed by atoms with E-state index in [9.17, 15) is 5.11 Å². The Hall–Kier alpha value is -0.930. The fourth-order valence-electron chi connectivity index (χ4n) is 3.65. The second-order valence-corrected chi connectivity index (χ2v) is 10.8. The normalized spacial score (nSPS) is 17.0. The predicted molar refractivity (Wildman–Crippen MR) is 118 cm³/mol. The smallest absolute Gasteiger partial charge is 0.128 e. The van der Waals surface area contributed by atoms with Gasteiger partial charge in [-0.2, -0.15) is 11.8 Å². The first kappa shape index (κ1) is 19.8. The van der Waals surface area contributed by atoms with Crippen molar-refractivity contribution in [2.75, 3.05) is 0 Å². The zero-order valence-corrected chi connectivity index (χ0v) is 18.0. The summed E-state index contributed by atoms with van der Waals surface area (Å²) < 4.78 is 0. The molecule has 1 aliphatic carbocycles. The van der Waals surface area contributed by atoms with Crippen LogP contribution in [0.4, 0.5) is 0 Å². The number of rotatable bonds is 4. The van der Waals surface area contributed by atoms with Crippen LogP contribution in [-0.2, 0) is 11.2 Å². The summed E-state index contributed by atoms with van der Waals surface area (Å²) in [5.74, 6) is 1.40. The highest BCUT2D eigenvalue weighted by Crippen LogP contribution is 2.41. The molecule has 0 aliphatic heterocycles. The maximum absolute atomic E-state index is 11.0. The summed E-state index contributed by atoms with van der Waals surface area (Å²) >= 11 is 3.76. The van der Waals surface area contributed by atoms with Gasteiger partial charge in [0.2, 0.25) is 0 Å². The molecule has 0 saturated heterocycles. The zero-order valence-electron chi connectivity index (χ0n) is 16.4. The molecular weight excluding hydrogens is 356 g/mol. The molecule has 1 saturated carbocycles. The number of benzene rings is 1. The summed E-state index contributed by atoms with van der Waals surface area (Å²) in [6, 6.07) is 8.59.